The van der Waals surface area contributed by atoms with Gasteiger partial charge >= 0.3 is 11.9 Å². The van der Waals surface area contributed by atoms with Gasteiger partial charge in [0.1, 0.15) is 6.20 Å². The molecule has 0 fully saturated rings. The smallest absolute Gasteiger partial charge is 0.363 e. The van der Waals surface area contributed by atoms with Crippen molar-refractivity contribution in [1.82, 2.24) is 4.90 Å². The van der Waals surface area contributed by atoms with E-state index >= 15 is 0 Å². The minimum absolute atomic E-state index is 0.0176. The second-order valence-electron chi connectivity index (χ2n) is 8.86. The summed E-state index contributed by atoms with van der Waals surface area (Å²) < 4.78 is 0.0176. The van der Waals surface area contributed by atoms with E-state index in [4.69, 9.17) is 0 Å². The topological polar surface area (TPSA) is 77.8 Å². The van der Waals surface area contributed by atoms with Crippen LogP contribution in [0.1, 0.15) is 104 Å². The molecule has 0 aromatic heterocycles. The molecule has 0 spiro atoms. The number of hydrogen-bond acceptors (Lipinski definition) is 3. The summed E-state index contributed by atoms with van der Waals surface area (Å²) in [4.78, 5) is 26.3. The quantitative estimate of drug-likeness (QED) is 0.221. The van der Waals surface area contributed by atoms with E-state index in [2.05, 4.69) is 11.8 Å². The third kappa shape index (κ3) is 7.93. The fourth-order valence-corrected chi connectivity index (χ4v) is 4.71. The molecule has 0 saturated carbocycles. The van der Waals surface area contributed by atoms with E-state index in [1.165, 1.54) is 51.4 Å². The molecule has 1 rings (SSSR count). The van der Waals surface area contributed by atoms with Gasteiger partial charge in [-0.15, -0.1) is 0 Å². The van der Waals surface area contributed by atoms with E-state index in [1.54, 1.807) is 0 Å². The standard InChI is InChI=1S/C24H44N2O4/c1-4-7-8-9-10-11-12-13-14-17-25-18-19-26(20-25,21(15-5-2)23(27)28)22(16-6-3)24(29)30/h18-19,21-22H,4-17,20H2,1-3H3,(H-,27,28,29,30)/p+1. The number of rotatable bonds is 18. The SMILES string of the molecule is CCCCCCCCCCCN1C=C[N+](C(CCC)C(=O)O)(C(CCC)C(=O)O)C1. The summed E-state index contributed by atoms with van der Waals surface area (Å²) in [6, 6.07) is -1.43. The highest BCUT2D eigenvalue weighted by atomic mass is 16.4. The lowest BCUT2D eigenvalue weighted by Crippen LogP contribution is -2.63. The fourth-order valence-electron chi connectivity index (χ4n) is 4.71. The Kier molecular flexibility index (Phi) is 12.7. The number of nitrogens with zero attached hydrogens (tertiary/aromatic N) is 2. The summed E-state index contributed by atoms with van der Waals surface area (Å²) in [5, 5.41) is 19.8. The minimum Gasteiger partial charge on any atom is -0.477 e. The molecule has 0 aromatic rings. The highest BCUT2D eigenvalue weighted by molar-refractivity contribution is 5.75. The van der Waals surface area contributed by atoms with Crippen LogP contribution in [0, 0.1) is 0 Å². The van der Waals surface area contributed by atoms with Crippen molar-refractivity contribution in [2.75, 3.05) is 13.2 Å². The third-order valence-electron chi connectivity index (χ3n) is 6.39. The summed E-state index contributed by atoms with van der Waals surface area (Å²) in [6.45, 7) is 7.47. The fraction of sp³-hybridized carbons (Fsp3) is 0.833. The zero-order chi connectivity index (χ0) is 22.4. The molecule has 1 heterocycles. The molecule has 0 amide bonds. The second kappa shape index (κ2) is 14.4. The van der Waals surface area contributed by atoms with E-state index in [1.807, 2.05) is 26.2 Å². The third-order valence-corrected chi connectivity index (χ3v) is 6.39. The molecule has 1 aliphatic rings. The Balaban J connectivity index is 2.64. The number of aliphatic carboxylic acids is 2. The van der Waals surface area contributed by atoms with Gasteiger partial charge in [-0.3, -0.25) is 4.48 Å². The Morgan fingerprint density at radius 1 is 0.800 bits per heavy atom. The van der Waals surface area contributed by atoms with Crippen LogP contribution in [0.2, 0.25) is 0 Å². The molecule has 0 aliphatic carbocycles. The number of quaternary nitrogens is 1. The Morgan fingerprint density at radius 2 is 1.27 bits per heavy atom. The van der Waals surface area contributed by atoms with Crippen molar-refractivity contribution in [3.8, 4) is 0 Å². The predicted octanol–water partition coefficient (Wildman–Crippen LogP) is 5.58. The first kappa shape index (κ1) is 26.5. The molecule has 2 atom stereocenters. The number of carboxylic acids is 2. The van der Waals surface area contributed by atoms with Gasteiger partial charge in [0.15, 0.2) is 18.8 Å². The normalized spacial score (nSPS) is 20.4. The van der Waals surface area contributed by atoms with Crippen molar-refractivity contribution in [3.63, 3.8) is 0 Å². The summed E-state index contributed by atoms with van der Waals surface area (Å²) >= 11 is 0. The average molecular weight is 426 g/mol. The number of unbranched alkanes of at least 4 members (excludes halogenated alkanes) is 8. The van der Waals surface area contributed by atoms with Gasteiger partial charge in [-0.05, 0) is 19.3 Å². The summed E-state index contributed by atoms with van der Waals surface area (Å²) in [5.41, 5.74) is 0. The van der Waals surface area contributed by atoms with Crippen LogP contribution in [0.4, 0.5) is 0 Å². The van der Waals surface area contributed by atoms with E-state index in [0.29, 0.717) is 19.5 Å². The highest BCUT2D eigenvalue weighted by Gasteiger charge is 2.52. The van der Waals surface area contributed by atoms with Crippen LogP contribution < -0.4 is 0 Å². The molecule has 2 unspecified atom stereocenters. The minimum atomic E-state index is -0.895. The molecule has 0 bridgehead atoms. The van der Waals surface area contributed by atoms with E-state index in [9.17, 15) is 19.8 Å². The van der Waals surface area contributed by atoms with Crippen LogP contribution in [-0.4, -0.2) is 56.8 Å². The lowest BCUT2D eigenvalue weighted by atomic mass is 10.0. The van der Waals surface area contributed by atoms with Crippen LogP contribution in [-0.2, 0) is 9.59 Å². The van der Waals surface area contributed by atoms with Crippen molar-refractivity contribution in [3.05, 3.63) is 12.4 Å². The van der Waals surface area contributed by atoms with Gasteiger partial charge in [0.05, 0.1) is 6.20 Å². The largest absolute Gasteiger partial charge is 0.477 e. The maximum atomic E-state index is 12.1. The molecule has 6 nitrogen and oxygen atoms in total. The summed E-state index contributed by atoms with van der Waals surface area (Å²) in [6.07, 6.45) is 17.6. The van der Waals surface area contributed by atoms with Gasteiger partial charge in [-0.2, -0.15) is 0 Å². The molecule has 2 N–H and O–H groups in total. The Hall–Kier alpha value is -1.56. The first-order chi connectivity index (χ1) is 14.4. The molecule has 0 saturated heterocycles. The van der Waals surface area contributed by atoms with E-state index in [0.717, 1.165) is 25.8 Å². The average Bonchev–Trinajstić information content (AvgIpc) is 3.13. The van der Waals surface area contributed by atoms with Crippen LogP contribution in [0.5, 0.6) is 0 Å². The zero-order valence-electron chi connectivity index (χ0n) is 19.5. The maximum absolute atomic E-state index is 12.1. The van der Waals surface area contributed by atoms with Gasteiger partial charge in [0.2, 0.25) is 0 Å². The summed E-state index contributed by atoms with van der Waals surface area (Å²) in [7, 11) is 0. The van der Waals surface area contributed by atoms with Gasteiger partial charge in [0, 0.05) is 19.4 Å². The van der Waals surface area contributed by atoms with Crippen molar-refractivity contribution < 1.29 is 24.3 Å². The number of carboxylic acid groups (broad SMARTS) is 2. The molecule has 174 valence electrons. The monoisotopic (exact) mass is 425 g/mol. The molecule has 0 radical (unpaired) electrons. The van der Waals surface area contributed by atoms with Gasteiger partial charge in [-0.1, -0.05) is 72.1 Å². The van der Waals surface area contributed by atoms with Crippen LogP contribution in [0.15, 0.2) is 12.4 Å². The first-order valence-corrected chi connectivity index (χ1v) is 12.2. The molecule has 0 aromatic carbocycles. The Bertz CT molecular complexity index is 511. The van der Waals surface area contributed by atoms with E-state index < -0.39 is 24.0 Å². The predicted molar refractivity (Wildman–Crippen MR) is 121 cm³/mol. The summed E-state index contributed by atoms with van der Waals surface area (Å²) in [5.74, 6) is -1.79. The van der Waals surface area contributed by atoms with Crippen molar-refractivity contribution in [1.29, 1.82) is 0 Å². The Labute approximate surface area is 183 Å². The zero-order valence-corrected chi connectivity index (χ0v) is 19.5. The first-order valence-electron chi connectivity index (χ1n) is 12.2. The lowest BCUT2D eigenvalue weighted by Gasteiger charge is -2.42. The van der Waals surface area contributed by atoms with Crippen LogP contribution >= 0.6 is 0 Å². The molecule has 1 aliphatic heterocycles. The van der Waals surface area contributed by atoms with Crippen LogP contribution in [0.3, 0.4) is 0 Å². The van der Waals surface area contributed by atoms with Crippen molar-refractivity contribution >= 4 is 11.9 Å². The Morgan fingerprint density at radius 3 is 1.70 bits per heavy atom. The van der Waals surface area contributed by atoms with Crippen molar-refractivity contribution in [2.45, 2.75) is 116 Å². The lowest BCUT2D eigenvalue weighted by molar-refractivity contribution is -0.914. The van der Waals surface area contributed by atoms with Gasteiger partial charge < -0.3 is 15.1 Å². The molecule has 6 heteroatoms. The van der Waals surface area contributed by atoms with Gasteiger partial charge in [0.25, 0.3) is 0 Å². The van der Waals surface area contributed by atoms with E-state index in [-0.39, 0.29) is 4.48 Å². The second-order valence-corrected chi connectivity index (χ2v) is 8.86. The number of carbonyl (C=O) groups is 2. The molecule has 30 heavy (non-hydrogen) atoms. The molecular weight excluding hydrogens is 380 g/mol. The van der Waals surface area contributed by atoms with Crippen LogP contribution in [0.25, 0.3) is 0 Å². The molecular formula is C24H45N2O4+. The highest BCUT2D eigenvalue weighted by Crippen LogP contribution is 2.32. The van der Waals surface area contributed by atoms with Gasteiger partial charge in [-0.25, -0.2) is 9.59 Å². The maximum Gasteiger partial charge on any atom is 0.363 e. The van der Waals surface area contributed by atoms with Crippen molar-refractivity contribution in [2.24, 2.45) is 0 Å². The number of hydrogen-bond donors (Lipinski definition) is 2.